The van der Waals surface area contributed by atoms with Gasteiger partial charge in [0.25, 0.3) is 0 Å². The van der Waals surface area contributed by atoms with Crippen LogP contribution in [0.15, 0.2) is 24.3 Å². The summed E-state index contributed by atoms with van der Waals surface area (Å²) < 4.78 is 72.3. The zero-order chi connectivity index (χ0) is 39.5. The standard InChI is InChI=1S/C42H48F3N5O6/c1-6-29-31(44)10-9-25-16-28(51)17-30(33(25)29)36-35(45)37-34(39(46-36)53-5)38(49-12-13-54-21-41(4,52)20-49)48-40(47-37)55-22-42-11-7-8-32(42)50(19-26(43)18-42)27-14-23(2)56-24(3)15-27/h1,9-10,16-17,23-24,26-27,32,51-52H,7-8,11-15,18-22H2,2-5H3/t23-,24+,26-,27?,32+,41-,42+/m0/s1. The first-order valence-corrected chi connectivity index (χ1v) is 19.4. The molecule has 8 rings (SSSR count). The molecule has 0 spiro atoms. The Labute approximate surface area is 324 Å². The van der Waals surface area contributed by atoms with Crippen molar-refractivity contribution >= 4 is 27.5 Å². The number of phenolic OH excluding ortho intramolecular Hbond substituents is 1. The fraction of sp³-hybridized carbons (Fsp3) is 0.548. The number of ether oxygens (including phenoxy) is 4. The summed E-state index contributed by atoms with van der Waals surface area (Å²) in [6.45, 7) is 6.90. The quantitative estimate of drug-likeness (QED) is 0.205. The van der Waals surface area contributed by atoms with Crippen LogP contribution in [0, 0.1) is 29.4 Å². The van der Waals surface area contributed by atoms with Gasteiger partial charge in [0.05, 0.1) is 51.2 Å². The van der Waals surface area contributed by atoms with Gasteiger partial charge in [0, 0.05) is 41.5 Å². The molecular weight excluding hydrogens is 727 g/mol. The number of hydrogen-bond donors (Lipinski definition) is 2. The summed E-state index contributed by atoms with van der Waals surface area (Å²) in [5.74, 6) is 0.666. The highest BCUT2D eigenvalue weighted by Crippen LogP contribution is 2.51. The van der Waals surface area contributed by atoms with E-state index in [0.717, 1.165) is 32.1 Å². The lowest BCUT2D eigenvalue weighted by molar-refractivity contribution is -0.110. The molecule has 0 amide bonds. The molecule has 4 aliphatic rings. The normalized spacial score (nSPS) is 29.9. The highest BCUT2D eigenvalue weighted by molar-refractivity contribution is 6.04. The number of rotatable bonds is 7. The first-order valence-electron chi connectivity index (χ1n) is 19.4. The molecule has 11 nitrogen and oxygen atoms in total. The largest absolute Gasteiger partial charge is 0.508 e. The van der Waals surface area contributed by atoms with Gasteiger partial charge in [-0.3, -0.25) is 4.90 Å². The average Bonchev–Trinajstić information content (AvgIpc) is 3.48. The van der Waals surface area contributed by atoms with Gasteiger partial charge >= 0.3 is 6.01 Å². The number of aliphatic hydroxyl groups is 1. The number of anilines is 1. The van der Waals surface area contributed by atoms with Crippen molar-refractivity contribution in [3.63, 3.8) is 0 Å². The van der Waals surface area contributed by atoms with E-state index in [4.69, 9.17) is 30.4 Å². The molecule has 4 aromatic rings. The topological polar surface area (TPSA) is 123 Å². The highest BCUT2D eigenvalue weighted by Gasteiger charge is 2.53. The maximum atomic E-state index is 17.4. The number of alkyl halides is 1. The third-order valence-electron chi connectivity index (χ3n) is 12.0. The second-order valence-corrected chi connectivity index (χ2v) is 16.4. The van der Waals surface area contributed by atoms with Crippen molar-refractivity contribution in [2.24, 2.45) is 5.41 Å². The molecular formula is C42H48F3N5O6. The van der Waals surface area contributed by atoms with E-state index < -0.39 is 28.8 Å². The maximum Gasteiger partial charge on any atom is 0.319 e. The molecule has 3 saturated heterocycles. The Morgan fingerprint density at radius 3 is 2.64 bits per heavy atom. The van der Waals surface area contributed by atoms with Gasteiger partial charge < -0.3 is 34.1 Å². The molecule has 0 bridgehead atoms. The first-order chi connectivity index (χ1) is 26.8. The number of halogens is 3. The van der Waals surface area contributed by atoms with Crippen molar-refractivity contribution in [3.05, 3.63) is 41.5 Å². The molecule has 1 unspecified atom stereocenters. The number of aromatic hydroxyl groups is 1. The van der Waals surface area contributed by atoms with Crippen LogP contribution in [0.3, 0.4) is 0 Å². The van der Waals surface area contributed by atoms with Crippen molar-refractivity contribution in [1.29, 1.82) is 0 Å². The third-order valence-corrected chi connectivity index (χ3v) is 12.0. The number of β-amino-alcohol motifs (C(OH)–C–C–N with tert-alkyl or cyclic N) is 1. The van der Waals surface area contributed by atoms with Crippen LogP contribution in [0.5, 0.6) is 17.6 Å². The van der Waals surface area contributed by atoms with E-state index in [2.05, 4.69) is 34.6 Å². The minimum atomic E-state index is -1.29. The van der Waals surface area contributed by atoms with Crippen LogP contribution >= 0.6 is 0 Å². The van der Waals surface area contributed by atoms with Crippen molar-refractivity contribution in [2.45, 2.75) is 95.4 Å². The highest BCUT2D eigenvalue weighted by atomic mass is 19.1. The molecule has 2 aromatic carbocycles. The minimum Gasteiger partial charge on any atom is -0.508 e. The van der Waals surface area contributed by atoms with Crippen LogP contribution in [0.4, 0.5) is 19.0 Å². The molecule has 7 atom stereocenters. The SMILES string of the molecule is C#Cc1c(F)ccc2cc(O)cc(-c3nc(OC)c4c(N5CCOC[C@@](C)(O)C5)nc(OC[C@]56CCC[C@H]5N(C5C[C@@H](C)O[C@@H](C)C5)C[C@@H](F)C6)nc4c3F)c12. The molecule has 5 heterocycles. The van der Waals surface area contributed by atoms with E-state index in [9.17, 15) is 10.2 Å². The number of fused-ring (bicyclic) bond motifs is 3. The summed E-state index contributed by atoms with van der Waals surface area (Å²) in [4.78, 5) is 18.1. The Morgan fingerprint density at radius 2 is 1.89 bits per heavy atom. The molecule has 3 aliphatic heterocycles. The molecule has 1 saturated carbocycles. The average molecular weight is 776 g/mol. The van der Waals surface area contributed by atoms with E-state index in [-0.39, 0.29) is 114 Å². The summed E-state index contributed by atoms with van der Waals surface area (Å²) in [7, 11) is 1.37. The fourth-order valence-electron chi connectivity index (χ4n) is 9.88. The number of aromatic nitrogens is 3. The number of terminal acetylenes is 1. The summed E-state index contributed by atoms with van der Waals surface area (Å²) >= 11 is 0. The predicted octanol–water partition coefficient (Wildman–Crippen LogP) is 6.32. The Bertz CT molecular complexity index is 2190. The van der Waals surface area contributed by atoms with Gasteiger partial charge in [0.15, 0.2) is 5.82 Å². The van der Waals surface area contributed by atoms with Crippen molar-refractivity contribution in [1.82, 2.24) is 19.9 Å². The third kappa shape index (κ3) is 6.97. The Balaban J connectivity index is 1.26. The molecule has 4 fully saturated rings. The van der Waals surface area contributed by atoms with Crippen molar-refractivity contribution < 1.29 is 42.3 Å². The second-order valence-electron chi connectivity index (χ2n) is 16.4. The summed E-state index contributed by atoms with van der Waals surface area (Å²) in [6, 6.07) is 5.41. The van der Waals surface area contributed by atoms with Gasteiger partial charge in [-0.05, 0) is 76.5 Å². The van der Waals surface area contributed by atoms with Crippen molar-refractivity contribution in [2.75, 3.05) is 51.5 Å². The number of methoxy groups -OCH3 is 1. The Morgan fingerprint density at radius 1 is 1.11 bits per heavy atom. The van der Waals surface area contributed by atoms with Crippen LogP contribution in [-0.4, -0.2) is 113 Å². The van der Waals surface area contributed by atoms with Crippen LogP contribution in [0.25, 0.3) is 32.9 Å². The monoisotopic (exact) mass is 775 g/mol. The van der Waals surface area contributed by atoms with Crippen LogP contribution in [-0.2, 0) is 9.47 Å². The minimum absolute atomic E-state index is 0.0274. The smallest absolute Gasteiger partial charge is 0.319 e. The van der Waals surface area contributed by atoms with Gasteiger partial charge in [-0.25, -0.2) is 18.2 Å². The van der Waals surface area contributed by atoms with Gasteiger partial charge in [0.2, 0.25) is 5.88 Å². The zero-order valence-electron chi connectivity index (χ0n) is 32.2. The zero-order valence-corrected chi connectivity index (χ0v) is 32.2. The van der Waals surface area contributed by atoms with Gasteiger partial charge in [-0.1, -0.05) is 18.4 Å². The molecule has 2 aromatic heterocycles. The van der Waals surface area contributed by atoms with E-state index in [1.165, 1.54) is 31.4 Å². The van der Waals surface area contributed by atoms with Crippen LogP contribution < -0.4 is 14.4 Å². The van der Waals surface area contributed by atoms with E-state index in [1.54, 1.807) is 11.8 Å². The summed E-state index contributed by atoms with van der Waals surface area (Å²) in [6.07, 6.45) is 9.39. The van der Waals surface area contributed by atoms with Gasteiger partial charge in [0.1, 0.15) is 45.8 Å². The predicted molar refractivity (Wildman–Crippen MR) is 205 cm³/mol. The molecule has 1 aliphatic carbocycles. The molecule has 2 N–H and O–H groups in total. The van der Waals surface area contributed by atoms with E-state index in [1.807, 2.05) is 0 Å². The lowest BCUT2D eigenvalue weighted by atomic mass is 9.73. The Kier molecular flexibility index (Phi) is 10.2. The van der Waals surface area contributed by atoms with E-state index in [0.29, 0.717) is 18.4 Å². The van der Waals surface area contributed by atoms with Crippen LogP contribution in [0.1, 0.15) is 64.9 Å². The first kappa shape index (κ1) is 38.5. The molecule has 0 radical (unpaired) electrons. The number of likely N-dealkylation sites (tertiary alicyclic amines) is 1. The number of benzene rings is 2. The number of piperidine rings is 1. The number of pyridine rings is 1. The molecule has 14 heteroatoms. The van der Waals surface area contributed by atoms with E-state index >= 15 is 13.2 Å². The van der Waals surface area contributed by atoms with Gasteiger partial charge in [-0.15, -0.1) is 6.42 Å². The summed E-state index contributed by atoms with van der Waals surface area (Å²) in [5.41, 5.74) is -2.43. The lowest BCUT2D eigenvalue weighted by Gasteiger charge is -2.52. The number of phenols is 1. The lowest BCUT2D eigenvalue weighted by Crippen LogP contribution is -2.60. The Hall–Kier alpha value is -4.42. The number of nitrogens with zero attached hydrogens (tertiary/aromatic N) is 5. The maximum absolute atomic E-state index is 17.4. The summed E-state index contributed by atoms with van der Waals surface area (Å²) in [5, 5.41) is 22.6. The second kappa shape index (κ2) is 14.8. The van der Waals surface area contributed by atoms with Crippen molar-refractivity contribution in [3.8, 4) is 41.2 Å². The fourth-order valence-corrected chi connectivity index (χ4v) is 9.88. The van der Waals surface area contributed by atoms with Crippen LogP contribution in [0.2, 0.25) is 0 Å². The molecule has 298 valence electrons. The molecule has 56 heavy (non-hydrogen) atoms. The number of hydrogen-bond acceptors (Lipinski definition) is 11. The van der Waals surface area contributed by atoms with Gasteiger partial charge in [-0.2, -0.15) is 9.97 Å².